The Labute approximate surface area is 134 Å². The minimum Gasteiger partial charge on any atom is -0.460 e. The van der Waals surface area contributed by atoms with Crippen LogP contribution in [0, 0.1) is 0 Å². The van der Waals surface area contributed by atoms with Crippen LogP contribution in [-0.4, -0.2) is 30.2 Å². The number of amides is 1. The molecule has 0 unspecified atom stereocenters. The summed E-state index contributed by atoms with van der Waals surface area (Å²) in [5.74, 6) is -0.573. The van der Waals surface area contributed by atoms with E-state index in [1.54, 1.807) is 45.0 Å². The van der Waals surface area contributed by atoms with Gasteiger partial charge in [-0.2, -0.15) is 0 Å². The molecule has 0 radical (unpaired) electrons. The zero-order valence-electron chi connectivity index (χ0n) is 13.7. The predicted molar refractivity (Wildman–Crippen MR) is 81.8 cm³/mol. The van der Waals surface area contributed by atoms with Crippen LogP contribution >= 0.6 is 0 Å². The molecule has 1 N–H and O–H groups in total. The average molecular weight is 323 g/mol. The maximum Gasteiger partial charge on any atom is 0.408 e. The summed E-state index contributed by atoms with van der Waals surface area (Å²) in [5.41, 5.74) is 0.101. The molecule has 0 aromatic heterocycles. The first-order chi connectivity index (χ1) is 10.7. The van der Waals surface area contributed by atoms with Gasteiger partial charge in [-0.05, 0) is 38.5 Å². The fourth-order valence-electron chi connectivity index (χ4n) is 1.49. The van der Waals surface area contributed by atoms with Gasteiger partial charge in [0.1, 0.15) is 24.5 Å². The number of carbonyl (C=O) groups is 3. The van der Waals surface area contributed by atoms with E-state index in [9.17, 15) is 14.4 Å². The molecule has 7 nitrogen and oxygen atoms in total. The third-order valence-electron chi connectivity index (χ3n) is 2.36. The molecular formula is C16H21NO6. The summed E-state index contributed by atoms with van der Waals surface area (Å²) in [6, 6.07) is 6.55. The van der Waals surface area contributed by atoms with Crippen LogP contribution in [0.25, 0.3) is 0 Å². The fourth-order valence-corrected chi connectivity index (χ4v) is 1.49. The third-order valence-corrected chi connectivity index (χ3v) is 2.36. The van der Waals surface area contributed by atoms with Crippen molar-refractivity contribution in [1.29, 1.82) is 0 Å². The number of alkyl carbamates (subject to hydrolysis) is 1. The molecule has 0 bridgehead atoms. The number of nitrogens with one attached hydrogen (secondary N) is 1. The van der Waals surface area contributed by atoms with Crippen molar-refractivity contribution >= 4 is 18.0 Å². The molecule has 1 aromatic rings. The second-order valence-electron chi connectivity index (χ2n) is 5.75. The van der Waals surface area contributed by atoms with Gasteiger partial charge in [-0.25, -0.2) is 4.79 Å². The van der Waals surface area contributed by atoms with Gasteiger partial charge in [0, 0.05) is 6.92 Å². The van der Waals surface area contributed by atoms with Gasteiger partial charge in [0.05, 0.1) is 0 Å². The Balaban J connectivity index is 2.33. The van der Waals surface area contributed by atoms with E-state index in [2.05, 4.69) is 5.32 Å². The van der Waals surface area contributed by atoms with E-state index in [1.165, 1.54) is 6.92 Å². The molecule has 0 spiro atoms. The number of carbonyl (C=O) groups excluding carboxylic acids is 3. The smallest absolute Gasteiger partial charge is 0.408 e. The van der Waals surface area contributed by atoms with Crippen LogP contribution in [0.3, 0.4) is 0 Å². The highest BCUT2D eigenvalue weighted by Gasteiger charge is 2.16. The van der Waals surface area contributed by atoms with Crippen molar-refractivity contribution in [3.63, 3.8) is 0 Å². The minimum atomic E-state index is -0.680. The highest BCUT2D eigenvalue weighted by molar-refractivity contribution is 5.78. The Hall–Kier alpha value is -2.57. The SMILES string of the molecule is CC(=O)Oc1ccc(COC(=O)CNC(=O)OC(C)(C)C)cc1. The number of ether oxygens (including phenoxy) is 3. The fraction of sp³-hybridized carbons (Fsp3) is 0.438. The van der Waals surface area contributed by atoms with Gasteiger partial charge in [-0.1, -0.05) is 12.1 Å². The second-order valence-corrected chi connectivity index (χ2v) is 5.75. The van der Waals surface area contributed by atoms with Gasteiger partial charge in [0.25, 0.3) is 0 Å². The van der Waals surface area contributed by atoms with E-state index in [4.69, 9.17) is 14.2 Å². The molecule has 0 aliphatic carbocycles. The average Bonchev–Trinajstić information content (AvgIpc) is 2.42. The predicted octanol–water partition coefficient (Wildman–Crippen LogP) is 2.18. The first-order valence-electron chi connectivity index (χ1n) is 7.05. The number of hydrogen-bond donors (Lipinski definition) is 1. The van der Waals surface area contributed by atoms with Crippen molar-refractivity contribution in [3.05, 3.63) is 29.8 Å². The zero-order valence-corrected chi connectivity index (χ0v) is 13.7. The molecule has 1 aromatic carbocycles. The normalized spacial score (nSPS) is 10.6. The monoisotopic (exact) mass is 323 g/mol. The number of esters is 2. The Morgan fingerprint density at radius 2 is 1.70 bits per heavy atom. The molecule has 0 saturated heterocycles. The molecule has 23 heavy (non-hydrogen) atoms. The van der Waals surface area contributed by atoms with E-state index in [-0.39, 0.29) is 13.2 Å². The zero-order chi connectivity index (χ0) is 17.5. The highest BCUT2D eigenvalue weighted by atomic mass is 16.6. The molecule has 0 saturated carbocycles. The van der Waals surface area contributed by atoms with Crippen LogP contribution in [0.1, 0.15) is 33.3 Å². The van der Waals surface area contributed by atoms with Crippen molar-refractivity contribution in [3.8, 4) is 5.75 Å². The Bertz CT molecular complexity index is 559. The van der Waals surface area contributed by atoms with E-state index in [0.717, 1.165) is 5.56 Å². The van der Waals surface area contributed by atoms with Crippen LogP contribution in [0.15, 0.2) is 24.3 Å². The lowest BCUT2D eigenvalue weighted by molar-refractivity contribution is -0.143. The van der Waals surface area contributed by atoms with E-state index >= 15 is 0 Å². The van der Waals surface area contributed by atoms with E-state index in [0.29, 0.717) is 5.75 Å². The Morgan fingerprint density at radius 3 is 2.22 bits per heavy atom. The summed E-state index contributed by atoms with van der Waals surface area (Å²) in [6.45, 7) is 6.27. The lowest BCUT2D eigenvalue weighted by Gasteiger charge is -2.19. The van der Waals surface area contributed by atoms with Crippen LogP contribution in [0.4, 0.5) is 4.79 Å². The summed E-state index contributed by atoms with van der Waals surface area (Å²) in [7, 11) is 0. The molecule has 0 aliphatic heterocycles. The number of rotatable bonds is 5. The second kappa shape index (κ2) is 8.17. The standard InChI is InChI=1S/C16H21NO6/c1-11(18)22-13-7-5-12(6-8-13)10-21-14(19)9-17-15(20)23-16(2,3)4/h5-8H,9-10H2,1-4H3,(H,17,20). The first-order valence-corrected chi connectivity index (χ1v) is 7.05. The molecule has 0 atom stereocenters. The maximum absolute atomic E-state index is 11.5. The first kappa shape index (κ1) is 18.5. The lowest BCUT2D eigenvalue weighted by atomic mass is 10.2. The highest BCUT2D eigenvalue weighted by Crippen LogP contribution is 2.13. The Morgan fingerprint density at radius 1 is 1.09 bits per heavy atom. The van der Waals surface area contributed by atoms with Crippen molar-refractivity contribution in [1.82, 2.24) is 5.32 Å². The summed E-state index contributed by atoms with van der Waals surface area (Å²) in [5, 5.41) is 2.31. The quantitative estimate of drug-likeness (QED) is 0.660. The third kappa shape index (κ3) is 8.45. The van der Waals surface area contributed by atoms with Crippen LogP contribution < -0.4 is 10.1 Å². The molecule has 0 heterocycles. The molecule has 0 aliphatic rings. The summed E-state index contributed by atoms with van der Waals surface area (Å²) in [6.07, 6.45) is -0.680. The molecule has 1 amide bonds. The van der Waals surface area contributed by atoms with Crippen molar-refractivity contribution < 1.29 is 28.6 Å². The van der Waals surface area contributed by atoms with Crippen molar-refractivity contribution in [2.75, 3.05) is 6.54 Å². The molecule has 1 rings (SSSR count). The van der Waals surface area contributed by atoms with Crippen molar-refractivity contribution in [2.45, 2.75) is 39.9 Å². The molecular weight excluding hydrogens is 302 g/mol. The van der Waals surface area contributed by atoms with Crippen LogP contribution in [-0.2, 0) is 25.7 Å². The molecule has 7 heteroatoms. The summed E-state index contributed by atoms with van der Waals surface area (Å²) in [4.78, 5) is 33.7. The summed E-state index contributed by atoms with van der Waals surface area (Å²) < 4.78 is 14.9. The lowest BCUT2D eigenvalue weighted by Crippen LogP contribution is -2.36. The van der Waals surface area contributed by atoms with Gasteiger partial charge in [0.2, 0.25) is 0 Å². The minimum absolute atomic E-state index is 0.0508. The van der Waals surface area contributed by atoms with Gasteiger partial charge in [0.15, 0.2) is 0 Å². The van der Waals surface area contributed by atoms with E-state index < -0.39 is 23.6 Å². The largest absolute Gasteiger partial charge is 0.460 e. The number of benzene rings is 1. The van der Waals surface area contributed by atoms with Crippen molar-refractivity contribution in [2.24, 2.45) is 0 Å². The van der Waals surface area contributed by atoms with Gasteiger partial charge >= 0.3 is 18.0 Å². The maximum atomic E-state index is 11.5. The molecule has 0 fully saturated rings. The van der Waals surface area contributed by atoms with Crippen LogP contribution in [0.5, 0.6) is 5.75 Å². The molecule has 126 valence electrons. The van der Waals surface area contributed by atoms with Gasteiger partial charge in [-0.15, -0.1) is 0 Å². The van der Waals surface area contributed by atoms with E-state index in [1.807, 2.05) is 0 Å². The topological polar surface area (TPSA) is 90.9 Å². The van der Waals surface area contributed by atoms with Gasteiger partial charge < -0.3 is 19.5 Å². The van der Waals surface area contributed by atoms with Gasteiger partial charge in [-0.3, -0.25) is 9.59 Å². The summed E-state index contributed by atoms with van der Waals surface area (Å²) >= 11 is 0. The van der Waals surface area contributed by atoms with Crippen LogP contribution in [0.2, 0.25) is 0 Å². The Kier molecular flexibility index (Phi) is 6.56. The number of hydrogen-bond acceptors (Lipinski definition) is 6.